The van der Waals surface area contributed by atoms with Crippen molar-refractivity contribution < 1.29 is 27.1 Å². The molecule has 0 spiro atoms. The number of thiophene rings is 1. The maximum absolute atomic E-state index is 13.0. The molecule has 1 N–H and O–H groups in total. The number of carbonyl (C=O) groups is 1. The number of hydrogen-bond acceptors (Lipinski definition) is 4. The number of hydrogen-bond donors (Lipinski definition) is 1. The second-order valence-corrected chi connectivity index (χ2v) is 7.06. The minimum Gasteiger partial charge on any atom is -0.477 e. The average Bonchev–Trinajstić information content (AvgIpc) is 2.80. The van der Waals surface area contributed by atoms with Crippen molar-refractivity contribution in [2.45, 2.75) is 10.6 Å². The van der Waals surface area contributed by atoms with Crippen LogP contribution in [0.15, 0.2) is 35.2 Å². The first-order valence-electron chi connectivity index (χ1n) is 5.29. The van der Waals surface area contributed by atoms with Gasteiger partial charge in [0.15, 0.2) is 21.5 Å². The highest BCUT2D eigenvalue weighted by molar-refractivity contribution is 7.90. The molecule has 0 saturated carbocycles. The first-order valence-corrected chi connectivity index (χ1v) is 7.76. The van der Waals surface area contributed by atoms with E-state index in [0.29, 0.717) is 10.9 Å². The van der Waals surface area contributed by atoms with Crippen LogP contribution in [0.1, 0.15) is 14.5 Å². The van der Waals surface area contributed by atoms with Crippen molar-refractivity contribution >= 4 is 27.1 Å². The number of aromatic carboxylic acids is 1. The summed E-state index contributed by atoms with van der Waals surface area (Å²) in [6.45, 7) is 0. The zero-order valence-corrected chi connectivity index (χ0v) is 11.5. The molecular formula is C12H8F2O4S2. The van der Waals surface area contributed by atoms with Gasteiger partial charge < -0.3 is 5.11 Å². The molecule has 106 valence electrons. The van der Waals surface area contributed by atoms with Gasteiger partial charge >= 0.3 is 5.97 Å². The SMILES string of the molecule is O=C(O)c1ccc(CS(=O)(=O)c2ccc(F)c(F)c2)s1. The zero-order chi connectivity index (χ0) is 14.9. The summed E-state index contributed by atoms with van der Waals surface area (Å²) >= 11 is 0.823. The quantitative estimate of drug-likeness (QED) is 0.880. The van der Waals surface area contributed by atoms with Crippen LogP contribution >= 0.6 is 11.3 Å². The molecule has 0 fully saturated rings. The molecule has 1 aromatic heterocycles. The molecule has 0 saturated heterocycles. The van der Waals surface area contributed by atoms with E-state index in [1.54, 1.807) is 0 Å². The maximum atomic E-state index is 13.0. The van der Waals surface area contributed by atoms with Gasteiger partial charge in [0, 0.05) is 4.88 Å². The number of rotatable bonds is 4. The third kappa shape index (κ3) is 3.02. The van der Waals surface area contributed by atoms with Crippen molar-refractivity contribution in [3.8, 4) is 0 Å². The number of carboxylic acids is 1. The van der Waals surface area contributed by atoms with E-state index in [-0.39, 0.29) is 9.77 Å². The normalized spacial score (nSPS) is 11.5. The predicted molar refractivity (Wildman–Crippen MR) is 68.5 cm³/mol. The third-order valence-electron chi connectivity index (χ3n) is 2.45. The Bertz CT molecular complexity index is 766. The van der Waals surface area contributed by atoms with Crippen LogP contribution in [0.2, 0.25) is 0 Å². The minimum atomic E-state index is -3.85. The minimum absolute atomic E-state index is 0.0143. The average molecular weight is 318 g/mol. The molecule has 2 rings (SSSR count). The molecule has 0 unspecified atom stereocenters. The summed E-state index contributed by atoms with van der Waals surface area (Å²) < 4.78 is 49.8. The highest BCUT2D eigenvalue weighted by Crippen LogP contribution is 2.23. The Hall–Kier alpha value is -1.80. The molecule has 0 aliphatic carbocycles. The number of carboxylic acid groups (broad SMARTS) is 1. The van der Waals surface area contributed by atoms with E-state index in [9.17, 15) is 22.0 Å². The molecule has 0 aliphatic rings. The lowest BCUT2D eigenvalue weighted by Gasteiger charge is -2.03. The van der Waals surface area contributed by atoms with Gasteiger partial charge in [-0.25, -0.2) is 22.0 Å². The largest absolute Gasteiger partial charge is 0.477 e. The van der Waals surface area contributed by atoms with Gasteiger partial charge in [-0.3, -0.25) is 0 Å². The van der Waals surface area contributed by atoms with Crippen LogP contribution in [0.3, 0.4) is 0 Å². The molecule has 4 nitrogen and oxygen atoms in total. The standard InChI is InChI=1S/C12H8F2O4S2/c13-9-3-2-8(5-10(9)14)20(17,18)6-7-1-4-11(19-7)12(15)16/h1-5H,6H2,(H,15,16). The third-order valence-corrected chi connectivity index (χ3v) is 5.37. The topological polar surface area (TPSA) is 71.4 Å². The molecule has 0 amide bonds. The van der Waals surface area contributed by atoms with Crippen LogP contribution in [0.4, 0.5) is 8.78 Å². The summed E-state index contributed by atoms with van der Waals surface area (Å²) in [4.78, 5) is 10.7. The molecule has 8 heteroatoms. The van der Waals surface area contributed by atoms with Crippen LogP contribution in [0.5, 0.6) is 0 Å². The smallest absolute Gasteiger partial charge is 0.345 e. The second kappa shape index (κ2) is 5.29. The Balaban J connectivity index is 2.30. The monoisotopic (exact) mass is 318 g/mol. The fourth-order valence-electron chi connectivity index (χ4n) is 1.51. The van der Waals surface area contributed by atoms with Crippen LogP contribution in [-0.2, 0) is 15.6 Å². The van der Waals surface area contributed by atoms with Crippen LogP contribution < -0.4 is 0 Å². The van der Waals surface area contributed by atoms with Gasteiger partial charge in [-0.05, 0) is 30.3 Å². The Morgan fingerprint density at radius 1 is 1.15 bits per heavy atom. The van der Waals surface area contributed by atoms with E-state index in [0.717, 1.165) is 23.5 Å². The summed E-state index contributed by atoms with van der Waals surface area (Å²) in [5.41, 5.74) is 0. The molecule has 2 aromatic rings. The summed E-state index contributed by atoms with van der Waals surface area (Å²) in [5, 5.41) is 8.75. The Labute approximate surface area is 117 Å². The highest BCUT2D eigenvalue weighted by atomic mass is 32.2. The van der Waals surface area contributed by atoms with Gasteiger partial charge in [-0.1, -0.05) is 0 Å². The van der Waals surface area contributed by atoms with E-state index in [4.69, 9.17) is 5.11 Å². The van der Waals surface area contributed by atoms with Gasteiger partial charge in [0.2, 0.25) is 0 Å². The van der Waals surface area contributed by atoms with Crippen LogP contribution in [0, 0.1) is 11.6 Å². The van der Waals surface area contributed by atoms with Gasteiger partial charge in [0.1, 0.15) is 4.88 Å². The van der Waals surface area contributed by atoms with Crippen LogP contribution in [-0.4, -0.2) is 19.5 Å². The van der Waals surface area contributed by atoms with E-state index >= 15 is 0 Å². The lowest BCUT2D eigenvalue weighted by Crippen LogP contribution is -2.04. The van der Waals surface area contributed by atoms with E-state index in [1.165, 1.54) is 12.1 Å². The van der Waals surface area contributed by atoms with Gasteiger partial charge in [-0.2, -0.15) is 0 Å². The predicted octanol–water partition coefficient (Wildman–Crippen LogP) is 2.70. The highest BCUT2D eigenvalue weighted by Gasteiger charge is 2.19. The molecule has 0 bridgehead atoms. The van der Waals surface area contributed by atoms with Gasteiger partial charge in [0.25, 0.3) is 0 Å². The zero-order valence-electron chi connectivity index (χ0n) is 9.84. The fourth-order valence-corrected chi connectivity index (χ4v) is 4.05. The number of sulfone groups is 1. The lowest BCUT2D eigenvalue weighted by molar-refractivity contribution is 0.0702. The van der Waals surface area contributed by atoms with Gasteiger partial charge in [0.05, 0.1) is 10.6 Å². The van der Waals surface area contributed by atoms with Crippen molar-refractivity contribution in [2.75, 3.05) is 0 Å². The Morgan fingerprint density at radius 3 is 2.40 bits per heavy atom. The molecular weight excluding hydrogens is 310 g/mol. The van der Waals surface area contributed by atoms with Gasteiger partial charge in [-0.15, -0.1) is 11.3 Å². The molecule has 0 aliphatic heterocycles. The first-order chi connectivity index (χ1) is 9.29. The molecule has 1 heterocycles. The fraction of sp³-hybridized carbons (Fsp3) is 0.0833. The molecule has 0 radical (unpaired) electrons. The molecule has 20 heavy (non-hydrogen) atoms. The summed E-state index contributed by atoms with van der Waals surface area (Å²) in [6.07, 6.45) is 0. The number of benzene rings is 1. The second-order valence-electron chi connectivity index (χ2n) is 3.91. The Kier molecular flexibility index (Phi) is 3.87. The maximum Gasteiger partial charge on any atom is 0.345 e. The van der Waals surface area contributed by atoms with E-state index < -0.39 is 33.2 Å². The lowest BCUT2D eigenvalue weighted by atomic mass is 10.3. The van der Waals surface area contributed by atoms with Crippen molar-refractivity contribution in [1.82, 2.24) is 0 Å². The summed E-state index contributed by atoms with van der Waals surface area (Å²) in [5.74, 6) is -3.99. The van der Waals surface area contributed by atoms with E-state index in [1.807, 2.05) is 0 Å². The van der Waals surface area contributed by atoms with Crippen molar-refractivity contribution in [3.63, 3.8) is 0 Å². The van der Waals surface area contributed by atoms with Crippen molar-refractivity contribution in [2.24, 2.45) is 0 Å². The van der Waals surface area contributed by atoms with E-state index in [2.05, 4.69) is 0 Å². The number of halogens is 2. The molecule has 1 aromatic carbocycles. The van der Waals surface area contributed by atoms with Crippen molar-refractivity contribution in [1.29, 1.82) is 0 Å². The Morgan fingerprint density at radius 2 is 1.85 bits per heavy atom. The van der Waals surface area contributed by atoms with Crippen molar-refractivity contribution in [3.05, 3.63) is 51.7 Å². The summed E-state index contributed by atoms with van der Waals surface area (Å²) in [6, 6.07) is 4.99. The summed E-state index contributed by atoms with van der Waals surface area (Å²) in [7, 11) is -3.85. The first kappa shape index (κ1) is 14.6. The molecule has 0 atom stereocenters. The van der Waals surface area contributed by atoms with Crippen LogP contribution in [0.25, 0.3) is 0 Å².